The quantitative estimate of drug-likeness (QED) is 0.854. The fourth-order valence-corrected chi connectivity index (χ4v) is 2.54. The van der Waals surface area contributed by atoms with E-state index in [2.05, 4.69) is 0 Å². The number of carbonyl (C=O) groups excluding carboxylic acids is 1. The van der Waals surface area contributed by atoms with Crippen LogP contribution in [0.2, 0.25) is 5.02 Å². The fraction of sp³-hybridized carbons (Fsp3) is 0.235. The van der Waals surface area contributed by atoms with E-state index >= 15 is 0 Å². The molecule has 1 atom stereocenters. The summed E-state index contributed by atoms with van der Waals surface area (Å²) < 4.78 is 11.0. The molecule has 1 saturated heterocycles. The predicted octanol–water partition coefficient (Wildman–Crippen LogP) is 4.05. The number of benzene rings is 2. The van der Waals surface area contributed by atoms with Crippen LogP contribution in [0, 0.1) is 6.92 Å². The van der Waals surface area contributed by atoms with Gasteiger partial charge in [0.2, 0.25) is 0 Å². The van der Waals surface area contributed by atoms with Gasteiger partial charge in [-0.15, -0.1) is 0 Å². The van der Waals surface area contributed by atoms with E-state index in [1.165, 1.54) is 10.5 Å². The molecule has 22 heavy (non-hydrogen) atoms. The van der Waals surface area contributed by atoms with Crippen molar-refractivity contribution in [1.29, 1.82) is 0 Å². The molecule has 0 saturated carbocycles. The molecule has 1 amide bonds. The smallest absolute Gasteiger partial charge is 0.414 e. The molecular weight excluding hydrogens is 302 g/mol. The molecule has 1 fully saturated rings. The molecule has 1 aliphatic heterocycles. The number of ether oxygens (including phenoxy) is 2. The van der Waals surface area contributed by atoms with Crippen molar-refractivity contribution >= 4 is 23.4 Å². The number of aryl methyl sites for hydroxylation is 1. The number of para-hydroxylation sites is 1. The first-order valence-corrected chi connectivity index (χ1v) is 7.43. The van der Waals surface area contributed by atoms with E-state index in [-0.39, 0.29) is 6.10 Å². The van der Waals surface area contributed by atoms with Crippen LogP contribution in [-0.2, 0) is 4.74 Å². The lowest BCUT2D eigenvalue weighted by Crippen LogP contribution is -2.26. The van der Waals surface area contributed by atoms with Gasteiger partial charge in [-0.1, -0.05) is 41.4 Å². The molecule has 0 N–H and O–H groups in total. The molecule has 0 spiro atoms. The van der Waals surface area contributed by atoms with E-state index in [1.807, 2.05) is 43.3 Å². The molecule has 2 aromatic carbocycles. The first kappa shape index (κ1) is 14.7. The molecule has 4 nitrogen and oxygen atoms in total. The van der Waals surface area contributed by atoms with Gasteiger partial charge in [-0.2, -0.15) is 0 Å². The number of nitrogens with zero attached hydrogens (tertiary/aromatic N) is 1. The molecule has 0 radical (unpaired) electrons. The van der Waals surface area contributed by atoms with Crippen LogP contribution in [0.5, 0.6) is 5.75 Å². The van der Waals surface area contributed by atoms with E-state index in [9.17, 15) is 4.79 Å². The summed E-state index contributed by atoms with van der Waals surface area (Å²) in [5.41, 5.74) is 1.83. The van der Waals surface area contributed by atoms with E-state index in [0.717, 1.165) is 5.75 Å². The van der Waals surface area contributed by atoms with Crippen molar-refractivity contribution in [2.45, 2.75) is 13.0 Å². The molecule has 0 aliphatic carbocycles. The van der Waals surface area contributed by atoms with Crippen LogP contribution < -0.4 is 9.64 Å². The Morgan fingerprint density at radius 3 is 2.68 bits per heavy atom. The zero-order valence-electron chi connectivity index (χ0n) is 12.2. The third-order valence-electron chi connectivity index (χ3n) is 3.47. The van der Waals surface area contributed by atoms with Crippen LogP contribution in [0.3, 0.4) is 0 Å². The number of rotatable bonds is 4. The maximum Gasteiger partial charge on any atom is 0.414 e. The van der Waals surface area contributed by atoms with Gasteiger partial charge in [-0.05, 0) is 31.2 Å². The Balaban J connectivity index is 1.62. The highest BCUT2D eigenvalue weighted by Crippen LogP contribution is 2.29. The molecule has 5 heteroatoms. The van der Waals surface area contributed by atoms with Crippen LogP contribution in [0.15, 0.2) is 48.5 Å². The van der Waals surface area contributed by atoms with Crippen LogP contribution in [0.1, 0.15) is 5.56 Å². The highest BCUT2D eigenvalue weighted by Gasteiger charge is 2.33. The van der Waals surface area contributed by atoms with Gasteiger partial charge >= 0.3 is 6.09 Å². The second-order valence-corrected chi connectivity index (χ2v) is 5.60. The number of carbonyl (C=O) groups is 1. The van der Waals surface area contributed by atoms with Crippen molar-refractivity contribution in [1.82, 2.24) is 0 Å². The number of hydrogen-bond donors (Lipinski definition) is 0. The summed E-state index contributed by atoms with van der Waals surface area (Å²) >= 11 is 6.12. The number of amides is 1. The van der Waals surface area contributed by atoms with Gasteiger partial charge in [-0.25, -0.2) is 4.79 Å². The highest BCUT2D eigenvalue weighted by atomic mass is 35.5. The maximum atomic E-state index is 12.0. The largest absolute Gasteiger partial charge is 0.490 e. The minimum absolute atomic E-state index is 0.315. The average molecular weight is 318 g/mol. The van der Waals surface area contributed by atoms with Crippen molar-refractivity contribution in [3.8, 4) is 5.75 Å². The topological polar surface area (TPSA) is 38.8 Å². The van der Waals surface area contributed by atoms with Crippen molar-refractivity contribution in [3.63, 3.8) is 0 Å². The maximum absolute atomic E-state index is 12.0. The summed E-state index contributed by atoms with van der Waals surface area (Å²) in [4.78, 5) is 13.5. The summed E-state index contributed by atoms with van der Waals surface area (Å²) in [6.07, 6.45) is -0.712. The Morgan fingerprint density at radius 2 is 1.95 bits per heavy atom. The van der Waals surface area contributed by atoms with Gasteiger partial charge in [0.25, 0.3) is 0 Å². The molecule has 114 valence electrons. The first-order chi connectivity index (χ1) is 10.6. The van der Waals surface area contributed by atoms with Gasteiger partial charge in [0.15, 0.2) is 6.10 Å². The van der Waals surface area contributed by atoms with Gasteiger partial charge in [-0.3, -0.25) is 4.90 Å². The minimum Gasteiger partial charge on any atom is -0.490 e. The zero-order chi connectivity index (χ0) is 15.5. The SMILES string of the molecule is Cc1ccc(OCC2CN(c3ccccc3Cl)C(=O)O2)cc1. The second kappa shape index (κ2) is 6.28. The Labute approximate surface area is 134 Å². The van der Waals surface area contributed by atoms with Crippen LogP contribution in [0.25, 0.3) is 0 Å². The normalized spacial score (nSPS) is 17.5. The lowest BCUT2D eigenvalue weighted by atomic mass is 10.2. The molecule has 3 rings (SSSR count). The summed E-state index contributed by atoms with van der Waals surface area (Å²) in [7, 11) is 0. The number of cyclic esters (lactones) is 1. The van der Waals surface area contributed by atoms with Crippen molar-refractivity contribution in [2.24, 2.45) is 0 Å². The molecule has 1 aliphatic rings. The van der Waals surface area contributed by atoms with Crippen LogP contribution in [0.4, 0.5) is 10.5 Å². The number of anilines is 1. The van der Waals surface area contributed by atoms with E-state index < -0.39 is 6.09 Å². The Kier molecular flexibility index (Phi) is 4.20. The summed E-state index contributed by atoms with van der Waals surface area (Å²) in [6, 6.07) is 15.0. The molecular formula is C17H16ClNO3. The first-order valence-electron chi connectivity index (χ1n) is 7.05. The standard InChI is InChI=1S/C17H16ClNO3/c1-12-6-8-13(9-7-12)21-11-14-10-19(17(20)22-14)16-5-3-2-4-15(16)18/h2-9,14H,10-11H2,1H3. The summed E-state index contributed by atoms with van der Waals surface area (Å²) in [6.45, 7) is 2.76. The van der Waals surface area contributed by atoms with Gasteiger partial charge in [0.1, 0.15) is 12.4 Å². The van der Waals surface area contributed by atoms with E-state index in [0.29, 0.717) is 23.9 Å². The van der Waals surface area contributed by atoms with Gasteiger partial charge in [0, 0.05) is 0 Å². The van der Waals surface area contributed by atoms with Crippen molar-refractivity contribution in [2.75, 3.05) is 18.1 Å². The monoisotopic (exact) mass is 317 g/mol. The van der Waals surface area contributed by atoms with Gasteiger partial charge in [0.05, 0.1) is 17.3 Å². The third-order valence-corrected chi connectivity index (χ3v) is 3.79. The Morgan fingerprint density at radius 1 is 1.23 bits per heavy atom. The summed E-state index contributed by atoms with van der Waals surface area (Å²) in [5.74, 6) is 0.762. The molecule has 0 aromatic heterocycles. The zero-order valence-corrected chi connectivity index (χ0v) is 12.9. The van der Waals surface area contributed by atoms with E-state index in [4.69, 9.17) is 21.1 Å². The second-order valence-electron chi connectivity index (χ2n) is 5.19. The molecule has 2 aromatic rings. The third kappa shape index (κ3) is 3.17. The van der Waals surface area contributed by atoms with Gasteiger partial charge < -0.3 is 9.47 Å². The average Bonchev–Trinajstić information content (AvgIpc) is 2.88. The Bertz CT molecular complexity index is 672. The molecule has 1 heterocycles. The predicted molar refractivity (Wildman–Crippen MR) is 85.7 cm³/mol. The van der Waals surface area contributed by atoms with Crippen LogP contribution >= 0.6 is 11.6 Å². The van der Waals surface area contributed by atoms with Crippen LogP contribution in [-0.4, -0.2) is 25.3 Å². The van der Waals surface area contributed by atoms with Crippen molar-refractivity contribution in [3.05, 3.63) is 59.1 Å². The Hall–Kier alpha value is -2.20. The number of hydrogen-bond acceptors (Lipinski definition) is 3. The minimum atomic E-state index is -0.398. The highest BCUT2D eigenvalue weighted by molar-refractivity contribution is 6.33. The molecule has 0 bridgehead atoms. The lowest BCUT2D eigenvalue weighted by molar-refractivity contribution is 0.105. The fourth-order valence-electron chi connectivity index (χ4n) is 2.30. The van der Waals surface area contributed by atoms with Crippen molar-refractivity contribution < 1.29 is 14.3 Å². The number of halogens is 1. The summed E-state index contributed by atoms with van der Waals surface area (Å²) in [5, 5.41) is 0.527. The molecule has 1 unspecified atom stereocenters. The lowest BCUT2D eigenvalue weighted by Gasteiger charge is -2.14. The van der Waals surface area contributed by atoms with E-state index in [1.54, 1.807) is 12.1 Å².